The minimum Gasteiger partial charge on any atom is -0.459 e. The molecule has 9 heteroatoms. The summed E-state index contributed by atoms with van der Waals surface area (Å²) in [5, 5.41) is 0. The summed E-state index contributed by atoms with van der Waals surface area (Å²) in [5.41, 5.74) is 2.67. The van der Waals surface area contributed by atoms with Crippen LogP contribution < -0.4 is 20.7 Å². The Balaban J connectivity index is 2.20. The third-order valence-corrected chi connectivity index (χ3v) is 4.48. The molecule has 0 saturated carbocycles. The summed E-state index contributed by atoms with van der Waals surface area (Å²) in [7, 11) is 0. The van der Waals surface area contributed by atoms with Crippen LogP contribution in [0.25, 0.3) is 0 Å². The summed E-state index contributed by atoms with van der Waals surface area (Å²) >= 11 is 0. The second-order valence-corrected chi connectivity index (χ2v) is 7.02. The van der Waals surface area contributed by atoms with E-state index < -0.39 is 23.4 Å². The predicted molar refractivity (Wildman–Crippen MR) is 112 cm³/mol. The number of pyridine rings is 1. The largest absolute Gasteiger partial charge is 0.459 e. The Kier molecular flexibility index (Phi) is 8.65. The summed E-state index contributed by atoms with van der Waals surface area (Å²) in [6, 6.07) is 8.20. The zero-order valence-electron chi connectivity index (χ0n) is 17.8. The molecule has 1 aromatic heterocycles. The van der Waals surface area contributed by atoms with E-state index in [2.05, 4.69) is 10.4 Å². The van der Waals surface area contributed by atoms with E-state index in [1.165, 1.54) is 12.1 Å². The number of benzene rings is 1. The summed E-state index contributed by atoms with van der Waals surface area (Å²) < 4.78 is 15.9. The lowest BCUT2D eigenvalue weighted by atomic mass is 9.93. The van der Waals surface area contributed by atoms with Crippen molar-refractivity contribution in [2.24, 2.45) is 5.84 Å². The van der Waals surface area contributed by atoms with Crippen LogP contribution in [0.15, 0.2) is 42.7 Å². The molecule has 1 unspecified atom stereocenters. The summed E-state index contributed by atoms with van der Waals surface area (Å²) in [6.45, 7) is 4.98. The van der Waals surface area contributed by atoms with Crippen LogP contribution in [-0.4, -0.2) is 28.4 Å². The molecule has 31 heavy (non-hydrogen) atoms. The fourth-order valence-electron chi connectivity index (χ4n) is 2.59. The molecular weight excluding hydrogens is 402 g/mol. The monoisotopic (exact) mass is 429 g/mol. The Morgan fingerprint density at radius 2 is 1.58 bits per heavy atom. The molecule has 0 aliphatic carbocycles. The van der Waals surface area contributed by atoms with Gasteiger partial charge in [0.05, 0.1) is 0 Å². The van der Waals surface area contributed by atoms with Crippen LogP contribution in [0.4, 0.5) is 0 Å². The van der Waals surface area contributed by atoms with E-state index in [0.717, 1.165) is 5.56 Å². The number of aromatic nitrogens is 1. The van der Waals surface area contributed by atoms with Crippen LogP contribution in [-0.2, 0) is 32.1 Å². The second-order valence-electron chi connectivity index (χ2n) is 7.02. The number of hydrogen-bond acceptors (Lipinski definition) is 9. The number of esters is 3. The van der Waals surface area contributed by atoms with E-state index in [0.29, 0.717) is 5.56 Å². The van der Waals surface area contributed by atoms with Gasteiger partial charge in [-0.25, -0.2) is 10.2 Å². The molecule has 0 spiro atoms. The summed E-state index contributed by atoms with van der Waals surface area (Å²) in [4.78, 5) is 40.1. The normalized spacial score (nSPS) is 12.5. The second kappa shape index (κ2) is 11.2. The van der Waals surface area contributed by atoms with Crippen LogP contribution in [0.5, 0.6) is 11.5 Å². The van der Waals surface area contributed by atoms with E-state index in [1.54, 1.807) is 51.4 Å². The van der Waals surface area contributed by atoms with E-state index in [9.17, 15) is 14.4 Å². The van der Waals surface area contributed by atoms with Crippen molar-refractivity contribution in [1.82, 2.24) is 10.4 Å². The highest BCUT2D eigenvalue weighted by molar-refractivity contribution is 5.81. The molecular formula is C22H27N3O6. The number of carbonyl (C=O) groups is 3. The number of hydrogen-bond donors (Lipinski definition) is 2. The third-order valence-electron chi connectivity index (χ3n) is 4.48. The maximum Gasteiger partial charge on any atom is 0.328 e. The lowest BCUT2D eigenvalue weighted by molar-refractivity contribution is -0.152. The van der Waals surface area contributed by atoms with Gasteiger partial charge in [0.2, 0.25) is 0 Å². The van der Waals surface area contributed by atoms with Crippen molar-refractivity contribution < 1.29 is 28.6 Å². The SMILES string of the molecule is CCC(=O)Oc1ccc(CC(C)(NN)C(=O)OCc2ccncc2)cc1OC(=O)CC. The molecule has 2 aromatic rings. The molecule has 0 bridgehead atoms. The van der Waals surface area contributed by atoms with E-state index in [1.807, 2.05) is 0 Å². The average molecular weight is 429 g/mol. The van der Waals surface area contributed by atoms with Crippen molar-refractivity contribution in [3.63, 3.8) is 0 Å². The molecule has 1 atom stereocenters. The first kappa shape index (κ1) is 24.0. The minimum atomic E-state index is -1.25. The number of ether oxygens (including phenoxy) is 3. The number of nitrogens with one attached hydrogen (secondary N) is 1. The average Bonchev–Trinajstić information content (AvgIpc) is 2.79. The molecule has 0 saturated heterocycles. The lowest BCUT2D eigenvalue weighted by Gasteiger charge is -2.27. The Labute approximate surface area is 180 Å². The zero-order valence-corrected chi connectivity index (χ0v) is 17.8. The van der Waals surface area contributed by atoms with Gasteiger partial charge >= 0.3 is 17.9 Å². The zero-order chi connectivity index (χ0) is 22.9. The van der Waals surface area contributed by atoms with Crippen LogP contribution in [0, 0.1) is 0 Å². The number of rotatable bonds is 10. The fraction of sp³-hybridized carbons (Fsp3) is 0.364. The molecule has 0 radical (unpaired) electrons. The van der Waals surface area contributed by atoms with Gasteiger partial charge < -0.3 is 14.2 Å². The van der Waals surface area contributed by atoms with Gasteiger partial charge in [-0.2, -0.15) is 0 Å². The van der Waals surface area contributed by atoms with Crippen LogP contribution in [0.1, 0.15) is 44.7 Å². The topological polar surface area (TPSA) is 130 Å². The lowest BCUT2D eigenvalue weighted by Crippen LogP contribution is -2.55. The molecule has 9 nitrogen and oxygen atoms in total. The maximum atomic E-state index is 12.7. The Hall–Kier alpha value is -3.30. The van der Waals surface area contributed by atoms with Crippen molar-refractivity contribution in [1.29, 1.82) is 0 Å². The van der Waals surface area contributed by atoms with E-state index in [-0.39, 0.29) is 37.4 Å². The highest BCUT2D eigenvalue weighted by Gasteiger charge is 2.34. The first-order valence-corrected chi connectivity index (χ1v) is 9.89. The van der Waals surface area contributed by atoms with Gasteiger partial charge in [0.1, 0.15) is 12.1 Å². The van der Waals surface area contributed by atoms with Crippen LogP contribution in [0.2, 0.25) is 0 Å². The van der Waals surface area contributed by atoms with Gasteiger partial charge in [-0.3, -0.25) is 20.4 Å². The quantitative estimate of drug-likeness (QED) is 0.253. The molecule has 0 aliphatic rings. The standard InChI is InChI=1S/C22H27N3O6/c1-4-19(26)30-17-7-6-16(12-18(17)31-20(27)5-2)13-22(3,25-23)21(28)29-14-15-8-10-24-11-9-15/h6-12,25H,4-5,13-14,23H2,1-3H3. The maximum absolute atomic E-state index is 12.7. The van der Waals surface area contributed by atoms with Gasteiger partial charge in [-0.1, -0.05) is 19.9 Å². The highest BCUT2D eigenvalue weighted by atomic mass is 16.6. The van der Waals surface area contributed by atoms with Crippen molar-refractivity contribution in [2.45, 2.75) is 52.2 Å². The molecule has 1 heterocycles. The molecule has 0 amide bonds. The molecule has 1 aromatic carbocycles. The summed E-state index contributed by atoms with van der Waals surface area (Å²) in [5.74, 6) is 4.38. The predicted octanol–water partition coefficient (Wildman–Crippen LogP) is 2.22. The van der Waals surface area contributed by atoms with Crippen LogP contribution >= 0.6 is 0 Å². The van der Waals surface area contributed by atoms with Crippen LogP contribution in [0.3, 0.4) is 0 Å². The fourth-order valence-corrected chi connectivity index (χ4v) is 2.59. The number of nitrogens with two attached hydrogens (primary N) is 1. The van der Waals surface area contributed by atoms with Gasteiger partial charge in [-0.15, -0.1) is 0 Å². The van der Waals surface area contributed by atoms with E-state index in [4.69, 9.17) is 20.1 Å². The molecule has 0 aliphatic heterocycles. The summed E-state index contributed by atoms with van der Waals surface area (Å²) in [6.07, 6.45) is 3.67. The molecule has 166 valence electrons. The highest BCUT2D eigenvalue weighted by Crippen LogP contribution is 2.31. The number of hydrazine groups is 1. The van der Waals surface area contributed by atoms with Crippen molar-refractivity contribution in [2.75, 3.05) is 0 Å². The molecule has 3 N–H and O–H groups in total. The molecule has 0 fully saturated rings. The minimum absolute atomic E-state index is 0.0733. The third kappa shape index (κ3) is 6.87. The van der Waals surface area contributed by atoms with Gasteiger partial charge in [-0.05, 0) is 42.3 Å². The Morgan fingerprint density at radius 1 is 0.968 bits per heavy atom. The first-order valence-electron chi connectivity index (χ1n) is 9.89. The van der Waals surface area contributed by atoms with E-state index >= 15 is 0 Å². The number of nitrogens with zero attached hydrogens (tertiary/aromatic N) is 1. The Morgan fingerprint density at radius 3 is 2.16 bits per heavy atom. The molecule has 2 rings (SSSR count). The Bertz CT molecular complexity index is 919. The first-order chi connectivity index (χ1) is 14.8. The number of carbonyl (C=O) groups excluding carboxylic acids is 3. The van der Waals surface area contributed by atoms with Gasteiger partial charge in [0, 0.05) is 31.7 Å². The van der Waals surface area contributed by atoms with Crippen molar-refractivity contribution >= 4 is 17.9 Å². The smallest absolute Gasteiger partial charge is 0.328 e. The van der Waals surface area contributed by atoms with Gasteiger partial charge in [0.25, 0.3) is 0 Å². The van der Waals surface area contributed by atoms with Gasteiger partial charge in [0.15, 0.2) is 11.5 Å². The van der Waals surface area contributed by atoms with Crippen molar-refractivity contribution in [3.05, 3.63) is 53.9 Å². The van der Waals surface area contributed by atoms with Crippen molar-refractivity contribution in [3.8, 4) is 11.5 Å².